The van der Waals surface area contributed by atoms with Crippen molar-refractivity contribution in [2.24, 2.45) is 0 Å². The highest BCUT2D eigenvalue weighted by Gasteiger charge is 2.19. The van der Waals surface area contributed by atoms with E-state index in [4.69, 9.17) is 14.2 Å². The molecule has 64 heavy (non-hydrogen) atoms. The van der Waals surface area contributed by atoms with Crippen LogP contribution in [-0.4, -0.2) is 37.2 Å². The molecule has 0 aliphatic carbocycles. The zero-order chi connectivity index (χ0) is 46.5. The lowest BCUT2D eigenvalue weighted by molar-refractivity contribution is -0.167. The fourth-order valence-corrected chi connectivity index (χ4v) is 5.87. The van der Waals surface area contributed by atoms with E-state index in [1.807, 2.05) is 66.8 Å². The van der Waals surface area contributed by atoms with Crippen LogP contribution < -0.4 is 0 Å². The molecule has 354 valence electrons. The van der Waals surface area contributed by atoms with Crippen LogP contribution in [0.1, 0.15) is 168 Å². The lowest BCUT2D eigenvalue weighted by atomic mass is 10.1. The fourth-order valence-electron chi connectivity index (χ4n) is 5.87. The third kappa shape index (κ3) is 48.1. The molecule has 0 aromatic heterocycles. The zero-order valence-electron chi connectivity index (χ0n) is 40.2. The van der Waals surface area contributed by atoms with Gasteiger partial charge in [0.2, 0.25) is 0 Å². The first-order chi connectivity index (χ1) is 31.5. The number of carbonyl (C=O) groups is 3. The molecule has 0 aliphatic heterocycles. The number of rotatable bonds is 41. The Morgan fingerprint density at radius 3 is 1.08 bits per heavy atom. The lowest BCUT2D eigenvalue weighted by Crippen LogP contribution is -2.30. The van der Waals surface area contributed by atoms with Gasteiger partial charge in [-0.2, -0.15) is 0 Å². The Balaban J connectivity index is 4.61. The molecular weight excluding hydrogens is 793 g/mol. The Bertz CT molecular complexity index is 1520. The first-order valence-electron chi connectivity index (χ1n) is 24.6. The Kier molecular flexibility index (Phi) is 46.7. The van der Waals surface area contributed by atoms with Crippen LogP contribution >= 0.6 is 0 Å². The van der Waals surface area contributed by atoms with E-state index in [1.54, 1.807) is 0 Å². The molecule has 0 heterocycles. The van der Waals surface area contributed by atoms with Gasteiger partial charge >= 0.3 is 17.9 Å². The molecule has 0 spiro atoms. The predicted molar refractivity (Wildman–Crippen MR) is 274 cm³/mol. The molecule has 0 saturated carbocycles. The van der Waals surface area contributed by atoms with Crippen LogP contribution in [0.5, 0.6) is 0 Å². The molecule has 0 radical (unpaired) electrons. The highest BCUT2D eigenvalue weighted by Crippen LogP contribution is 2.11. The van der Waals surface area contributed by atoms with Gasteiger partial charge in [0.05, 0.1) is 0 Å². The van der Waals surface area contributed by atoms with E-state index in [2.05, 4.69) is 112 Å². The second-order valence-corrected chi connectivity index (χ2v) is 15.4. The second kappa shape index (κ2) is 50.7. The largest absolute Gasteiger partial charge is 0.462 e. The molecule has 0 bridgehead atoms. The molecule has 1 unspecified atom stereocenters. The van der Waals surface area contributed by atoms with Crippen molar-refractivity contribution in [2.75, 3.05) is 13.2 Å². The summed E-state index contributed by atoms with van der Waals surface area (Å²) in [5.41, 5.74) is 0. The Hall–Kier alpha value is -4.97. The van der Waals surface area contributed by atoms with Crippen molar-refractivity contribution >= 4 is 17.9 Å². The molecule has 0 aliphatic rings. The van der Waals surface area contributed by atoms with Crippen LogP contribution in [0.4, 0.5) is 0 Å². The van der Waals surface area contributed by atoms with E-state index >= 15 is 0 Å². The molecule has 0 aromatic rings. The molecule has 0 amide bonds. The van der Waals surface area contributed by atoms with E-state index in [0.717, 1.165) is 116 Å². The van der Waals surface area contributed by atoms with Crippen LogP contribution in [0.15, 0.2) is 158 Å². The summed E-state index contributed by atoms with van der Waals surface area (Å²) in [5.74, 6) is -1.04. The van der Waals surface area contributed by atoms with Gasteiger partial charge in [0.25, 0.3) is 0 Å². The van der Waals surface area contributed by atoms with Gasteiger partial charge in [-0.3, -0.25) is 14.4 Å². The van der Waals surface area contributed by atoms with Crippen LogP contribution in [-0.2, 0) is 28.6 Å². The highest BCUT2D eigenvalue weighted by molar-refractivity contribution is 5.71. The SMILES string of the molecule is CC/C=C/C=C/C=C/C=C/C=C/C=C/CCCCCC(=O)OCC(COC(=O)CCCCCCC/C=C/C=C/C=C/CC)OC(=O)CCCCC/C=C/C/C=C/C/C=C/C/C=C/CC. The minimum absolute atomic E-state index is 0.125. The van der Waals surface area contributed by atoms with E-state index in [9.17, 15) is 14.4 Å². The summed E-state index contributed by atoms with van der Waals surface area (Å²) in [7, 11) is 0. The predicted octanol–water partition coefficient (Wildman–Crippen LogP) is 16.2. The van der Waals surface area contributed by atoms with Crippen molar-refractivity contribution in [2.45, 2.75) is 175 Å². The van der Waals surface area contributed by atoms with Crippen LogP contribution in [0.3, 0.4) is 0 Å². The maximum absolute atomic E-state index is 12.8. The van der Waals surface area contributed by atoms with Gasteiger partial charge < -0.3 is 14.2 Å². The van der Waals surface area contributed by atoms with Gasteiger partial charge in [-0.05, 0) is 96.3 Å². The number of hydrogen-bond donors (Lipinski definition) is 0. The van der Waals surface area contributed by atoms with Crippen molar-refractivity contribution in [3.05, 3.63) is 158 Å². The standard InChI is InChI=1S/C58H86O6/c1-4-7-10-13-16-19-22-25-27-29-31-33-36-39-42-45-48-51-57(60)63-54-55(53-62-56(59)50-47-44-41-38-35-32-24-21-18-15-12-9-6-3)64-58(61)52-49-46-43-40-37-34-30-28-26-23-20-17-14-11-8-5-2/h7-13,15-22,24-29,31,33-34,36-37,55H,4-6,14,23,30,32,35,38-54H2,1-3H3/b10-7+,11-8+,12-9+,16-13+,18-15+,20-17+,22-19+,24-21+,27-25+,28-26+,31-29+,36-33+,37-34+. The van der Waals surface area contributed by atoms with Gasteiger partial charge in [0.15, 0.2) is 6.10 Å². The molecule has 1 atom stereocenters. The van der Waals surface area contributed by atoms with E-state index < -0.39 is 6.10 Å². The first kappa shape index (κ1) is 59.0. The topological polar surface area (TPSA) is 78.9 Å². The number of ether oxygens (including phenoxy) is 3. The third-order valence-corrected chi connectivity index (χ3v) is 9.48. The monoisotopic (exact) mass is 879 g/mol. The molecule has 0 aromatic carbocycles. The number of allylic oxidation sites excluding steroid dienone is 26. The van der Waals surface area contributed by atoms with Gasteiger partial charge in [-0.15, -0.1) is 0 Å². The van der Waals surface area contributed by atoms with E-state index in [1.165, 1.54) is 0 Å². The average Bonchev–Trinajstić information content (AvgIpc) is 3.29. The van der Waals surface area contributed by atoms with Gasteiger partial charge in [0.1, 0.15) is 13.2 Å². The maximum Gasteiger partial charge on any atom is 0.306 e. The fraction of sp³-hybridized carbons (Fsp3) is 0.500. The molecule has 6 nitrogen and oxygen atoms in total. The Morgan fingerprint density at radius 1 is 0.328 bits per heavy atom. The van der Waals surface area contributed by atoms with E-state index in [-0.39, 0.29) is 44.0 Å². The summed E-state index contributed by atoms with van der Waals surface area (Å²) in [6.45, 7) is 6.12. The molecule has 0 rings (SSSR count). The smallest absolute Gasteiger partial charge is 0.306 e. The summed E-state index contributed by atoms with van der Waals surface area (Å²) in [5, 5.41) is 0. The minimum Gasteiger partial charge on any atom is -0.462 e. The maximum atomic E-state index is 12.8. The van der Waals surface area contributed by atoms with Crippen LogP contribution in [0, 0.1) is 0 Å². The summed E-state index contributed by atoms with van der Waals surface area (Å²) in [6, 6.07) is 0. The normalized spacial score (nSPS) is 13.5. The Labute approximate surface area is 390 Å². The van der Waals surface area contributed by atoms with Crippen molar-refractivity contribution < 1.29 is 28.6 Å². The number of unbranched alkanes of at least 4 members (excludes halogenated alkanes) is 11. The lowest BCUT2D eigenvalue weighted by Gasteiger charge is -2.18. The number of hydrogen-bond acceptors (Lipinski definition) is 6. The summed E-state index contributed by atoms with van der Waals surface area (Å²) in [6.07, 6.45) is 73.6. The van der Waals surface area contributed by atoms with Gasteiger partial charge in [-0.1, -0.05) is 211 Å². The van der Waals surface area contributed by atoms with Crippen molar-refractivity contribution in [3.63, 3.8) is 0 Å². The molecule has 0 saturated heterocycles. The Morgan fingerprint density at radius 2 is 0.641 bits per heavy atom. The van der Waals surface area contributed by atoms with Crippen molar-refractivity contribution in [3.8, 4) is 0 Å². The first-order valence-corrected chi connectivity index (χ1v) is 24.6. The quantitative estimate of drug-likeness (QED) is 0.0200. The second-order valence-electron chi connectivity index (χ2n) is 15.4. The molecule has 0 N–H and O–H groups in total. The average molecular weight is 879 g/mol. The summed E-state index contributed by atoms with van der Waals surface area (Å²) in [4.78, 5) is 37.9. The van der Waals surface area contributed by atoms with Crippen LogP contribution in [0.25, 0.3) is 0 Å². The number of esters is 3. The summed E-state index contributed by atoms with van der Waals surface area (Å²) >= 11 is 0. The summed E-state index contributed by atoms with van der Waals surface area (Å²) < 4.78 is 16.7. The number of carbonyl (C=O) groups excluding carboxylic acids is 3. The van der Waals surface area contributed by atoms with Crippen molar-refractivity contribution in [1.29, 1.82) is 0 Å². The van der Waals surface area contributed by atoms with Gasteiger partial charge in [0, 0.05) is 19.3 Å². The van der Waals surface area contributed by atoms with Crippen molar-refractivity contribution in [1.82, 2.24) is 0 Å². The third-order valence-electron chi connectivity index (χ3n) is 9.48. The minimum atomic E-state index is -0.829. The molecule has 0 fully saturated rings. The highest BCUT2D eigenvalue weighted by atomic mass is 16.6. The van der Waals surface area contributed by atoms with Crippen LogP contribution in [0.2, 0.25) is 0 Å². The van der Waals surface area contributed by atoms with E-state index in [0.29, 0.717) is 19.3 Å². The molecular formula is C58H86O6. The molecule has 6 heteroatoms. The zero-order valence-corrected chi connectivity index (χ0v) is 40.2. The van der Waals surface area contributed by atoms with Gasteiger partial charge in [-0.25, -0.2) is 0 Å².